The third-order valence-electron chi connectivity index (χ3n) is 3.86. The van der Waals surface area contributed by atoms with Crippen LogP contribution >= 0.6 is 0 Å². The molecule has 0 spiro atoms. The minimum absolute atomic E-state index is 0.230. The first-order chi connectivity index (χ1) is 9.05. The van der Waals surface area contributed by atoms with Crippen LogP contribution in [-0.2, 0) is 12.1 Å². The van der Waals surface area contributed by atoms with Crippen molar-refractivity contribution < 1.29 is 4.39 Å². The highest BCUT2D eigenvalue weighted by atomic mass is 19.1. The van der Waals surface area contributed by atoms with E-state index in [2.05, 4.69) is 30.3 Å². The molecular weight excluding hydrogens is 241 g/mol. The summed E-state index contributed by atoms with van der Waals surface area (Å²) in [7, 11) is 0. The topological polar surface area (TPSA) is 43.8 Å². The lowest BCUT2D eigenvalue weighted by molar-refractivity contribution is 0.370. The fourth-order valence-electron chi connectivity index (χ4n) is 2.49. The van der Waals surface area contributed by atoms with E-state index in [1.807, 2.05) is 0 Å². The molecule has 0 unspecified atom stereocenters. The van der Waals surface area contributed by atoms with Gasteiger partial charge in [0.25, 0.3) is 0 Å². The molecule has 0 aliphatic rings. The smallest absolute Gasteiger partial charge is 0.130 e. The van der Waals surface area contributed by atoms with E-state index >= 15 is 0 Å². The van der Waals surface area contributed by atoms with Crippen molar-refractivity contribution in [2.75, 3.05) is 0 Å². The van der Waals surface area contributed by atoms with Crippen LogP contribution in [0.2, 0.25) is 0 Å². The standard InChI is InChI=1S/C15H22FN3/c1-4-9-19-13-10-11(16)7-8-12(13)18-14(19)15(17,5-2)6-3/h7-8,10H,4-6,9,17H2,1-3H3. The molecule has 0 fully saturated rings. The summed E-state index contributed by atoms with van der Waals surface area (Å²) in [5.74, 6) is 0.645. The van der Waals surface area contributed by atoms with Gasteiger partial charge in [0.15, 0.2) is 0 Å². The molecule has 2 N–H and O–H groups in total. The molecule has 0 aliphatic carbocycles. The van der Waals surface area contributed by atoms with E-state index in [1.165, 1.54) is 6.07 Å². The van der Waals surface area contributed by atoms with Crippen LogP contribution < -0.4 is 5.73 Å². The molecule has 4 heteroatoms. The monoisotopic (exact) mass is 263 g/mol. The lowest BCUT2D eigenvalue weighted by Gasteiger charge is -2.27. The maximum atomic E-state index is 13.5. The fourth-order valence-corrected chi connectivity index (χ4v) is 2.49. The van der Waals surface area contributed by atoms with Gasteiger partial charge < -0.3 is 10.3 Å². The van der Waals surface area contributed by atoms with Crippen LogP contribution in [0.15, 0.2) is 18.2 Å². The van der Waals surface area contributed by atoms with Gasteiger partial charge in [0.2, 0.25) is 0 Å². The number of nitrogens with zero attached hydrogens (tertiary/aromatic N) is 2. The molecule has 2 rings (SSSR count). The Kier molecular flexibility index (Phi) is 3.90. The quantitative estimate of drug-likeness (QED) is 0.896. The van der Waals surface area contributed by atoms with Crippen molar-refractivity contribution in [3.8, 4) is 0 Å². The van der Waals surface area contributed by atoms with E-state index in [9.17, 15) is 4.39 Å². The summed E-state index contributed by atoms with van der Waals surface area (Å²) in [6, 6.07) is 4.73. The Morgan fingerprint density at radius 3 is 2.53 bits per heavy atom. The van der Waals surface area contributed by atoms with Crippen LogP contribution in [-0.4, -0.2) is 9.55 Å². The third kappa shape index (κ3) is 2.37. The highest BCUT2D eigenvalue weighted by Crippen LogP contribution is 2.29. The molecule has 0 saturated carbocycles. The summed E-state index contributed by atoms with van der Waals surface area (Å²) < 4.78 is 15.5. The van der Waals surface area contributed by atoms with Crippen LogP contribution in [0.5, 0.6) is 0 Å². The predicted octanol–water partition coefficient (Wildman–Crippen LogP) is 3.56. The summed E-state index contributed by atoms with van der Waals surface area (Å²) in [5.41, 5.74) is 7.70. The minimum Gasteiger partial charge on any atom is -0.326 e. The lowest BCUT2D eigenvalue weighted by Crippen LogP contribution is -2.38. The lowest BCUT2D eigenvalue weighted by atomic mass is 9.93. The number of imidazole rings is 1. The molecule has 19 heavy (non-hydrogen) atoms. The zero-order valence-corrected chi connectivity index (χ0v) is 11.9. The third-order valence-corrected chi connectivity index (χ3v) is 3.86. The van der Waals surface area contributed by atoms with E-state index in [4.69, 9.17) is 5.73 Å². The molecule has 0 aliphatic heterocycles. The average Bonchev–Trinajstić information content (AvgIpc) is 2.77. The first-order valence-electron chi connectivity index (χ1n) is 7.00. The molecule has 0 bridgehead atoms. The Labute approximate surface area is 113 Å². The van der Waals surface area contributed by atoms with Crippen LogP contribution in [0.3, 0.4) is 0 Å². The predicted molar refractivity (Wildman–Crippen MR) is 76.4 cm³/mol. The Bertz CT molecular complexity index is 570. The summed E-state index contributed by atoms with van der Waals surface area (Å²) in [6.45, 7) is 7.05. The number of nitrogens with two attached hydrogens (primary N) is 1. The van der Waals surface area contributed by atoms with Gasteiger partial charge in [0, 0.05) is 6.54 Å². The number of hydrogen-bond acceptors (Lipinski definition) is 2. The van der Waals surface area contributed by atoms with Gasteiger partial charge >= 0.3 is 0 Å². The molecule has 1 aromatic heterocycles. The Morgan fingerprint density at radius 2 is 1.95 bits per heavy atom. The maximum absolute atomic E-state index is 13.5. The zero-order valence-electron chi connectivity index (χ0n) is 11.9. The number of hydrogen-bond donors (Lipinski definition) is 1. The molecule has 0 amide bonds. The Hall–Kier alpha value is -1.42. The molecular formula is C15H22FN3. The van der Waals surface area contributed by atoms with Crippen LogP contribution in [0.4, 0.5) is 4.39 Å². The molecule has 104 valence electrons. The fraction of sp³-hybridized carbons (Fsp3) is 0.533. The number of aromatic nitrogens is 2. The molecule has 3 nitrogen and oxygen atoms in total. The van der Waals surface area contributed by atoms with Gasteiger partial charge in [0.05, 0.1) is 16.6 Å². The Morgan fingerprint density at radius 1 is 1.26 bits per heavy atom. The van der Waals surface area contributed by atoms with Gasteiger partial charge in [0.1, 0.15) is 11.6 Å². The van der Waals surface area contributed by atoms with Crippen molar-refractivity contribution in [3.63, 3.8) is 0 Å². The van der Waals surface area contributed by atoms with E-state index in [0.29, 0.717) is 0 Å². The van der Waals surface area contributed by atoms with E-state index < -0.39 is 5.54 Å². The molecule has 0 radical (unpaired) electrons. The van der Waals surface area contributed by atoms with Gasteiger partial charge in [-0.15, -0.1) is 0 Å². The van der Waals surface area contributed by atoms with Crippen LogP contribution in [0, 0.1) is 5.82 Å². The van der Waals surface area contributed by atoms with Crippen LogP contribution in [0.1, 0.15) is 45.9 Å². The van der Waals surface area contributed by atoms with Gasteiger partial charge in [-0.1, -0.05) is 20.8 Å². The molecule has 0 saturated heterocycles. The number of benzene rings is 1. The minimum atomic E-state index is -0.440. The van der Waals surface area contributed by atoms with Crippen molar-refractivity contribution >= 4 is 11.0 Å². The van der Waals surface area contributed by atoms with Gasteiger partial charge in [-0.2, -0.15) is 0 Å². The zero-order chi connectivity index (χ0) is 14.0. The highest BCUT2D eigenvalue weighted by Gasteiger charge is 2.29. The second kappa shape index (κ2) is 5.29. The summed E-state index contributed by atoms with van der Waals surface area (Å²) in [6.07, 6.45) is 2.61. The molecule has 1 aromatic carbocycles. The molecule has 1 heterocycles. The maximum Gasteiger partial charge on any atom is 0.130 e. The summed E-state index contributed by atoms with van der Waals surface area (Å²) in [4.78, 5) is 4.66. The van der Waals surface area contributed by atoms with Crippen molar-refractivity contribution in [1.82, 2.24) is 9.55 Å². The van der Waals surface area contributed by atoms with Crippen LogP contribution in [0.25, 0.3) is 11.0 Å². The van der Waals surface area contributed by atoms with E-state index in [0.717, 1.165) is 42.7 Å². The van der Waals surface area contributed by atoms with Crippen molar-refractivity contribution in [1.29, 1.82) is 0 Å². The van der Waals surface area contributed by atoms with Crippen molar-refractivity contribution in [3.05, 3.63) is 29.8 Å². The largest absolute Gasteiger partial charge is 0.326 e. The number of halogens is 1. The first kappa shape index (κ1) is 14.0. The molecule has 2 aromatic rings. The van der Waals surface area contributed by atoms with Gasteiger partial charge in [-0.25, -0.2) is 9.37 Å². The SMILES string of the molecule is CCCn1c(C(N)(CC)CC)nc2ccc(F)cc21. The highest BCUT2D eigenvalue weighted by molar-refractivity contribution is 5.76. The molecule has 0 atom stereocenters. The number of aryl methyl sites for hydroxylation is 1. The van der Waals surface area contributed by atoms with Crippen molar-refractivity contribution in [2.24, 2.45) is 5.73 Å². The summed E-state index contributed by atoms with van der Waals surface area (Å²) in [5, 5.41) is 0. The normalized spacial score (nSPS) is 12.3. The number of rotatable bonds is 5. The average molecular weight is 263 g/mol. The van der Waals surface area contributed by atoms with Crippen molar-refractivity contribution in [2.45, 2.75) is 52.1 Å². The van der Waals surface area contributed by atoms with Gasteiger partial charge in [-0.3, -0.25) is 0 Å². The second-order valence-electron chi connectivity index (χ2n) is 5.08. The summed E-state index contributed by atoms with van der Waals surface area (Å²) >= 11 is 0. The van der Waals surface area contributed by atoms with E-state index in [1.54, 1.807) is 12.1 Å². The first-order valence-corrected chi connectivity index (χ1v) is 7.00. The number of fused-ring (bicyclic) bond motifs is 1. The van der Waals surface area contributed by atoms with Gasteiger partial charge in [-0.05, 0) is 37.5 Å². The van der Waals surface area contributed by atoms with E-state index in [-0.39, 0.29) is 5.82 Å². The second-order valence-corrected chi connectivity index (χ2v) is 5.08. The Balaban J connectivity index is 2.69.